The molecule has 2 aromatic rings. The molecule has 2 aromatic carbocycles. The van der Waals surface area contributed by atoms with Crippen molar-refractivity contribution in [1.29, 1.82) is 0 Å². The summed E-state index contributed by atoms with van der Waals surface area (Å²) in [5.74, 6) is -2.78. The normalized spacial score (nSPS) is 13.6. The maximum Gasteiger partial charge on any atom is 0.534 e. The molecule has 0 spiro atoms. The van der Waals surface area contributed by atoms with E-state index in [4.69, 9.17) is 15.2 Å². The molecule has 0 unspecified atom stereocenters. The van der Waals surface area contributed by atoms with Gasteiger partial charge in [-0.1, -0.05) is 24.3 Å². The van der Waals surface area contributed by atoms with Gasteiger partial charge in [0.2, 0.25) is 5.91 Å². The number of halogens is 3. The molecular formula is C21H24F3NO7S. The van der Waals surface area contributed by atoms with Gasteiger partial charge in [-0.3, -0.25) is 4.79 Å². The number of hydrogen-bond acceptors (Lipinski definition) is 7. The minimum absolute atomic E-state index is 0.0389. The lowest BCUT2D eigenvalue weighted by atomic mass is 9.90. The zero-order valence-corrected chi connectivity index (χ0v) is 19.4. The van der Waals surface area contributed by atoms with Gasteiger partial charge in [-0.2, -0.15) is 21.6 Å². The standard InChI is InChI=1S/C21H24F3NO7S/c1-6-30-19(27)17(31-20(3,4)5)15-11(2)14(18(25)26)12-9-7-8-10-13(12)16(15)32-33(28,29)21(22,23)24/h7-10,17H,6H2,1-5H3,(H2,25,26)/t17-/m0/s1. The summed E-state index contributed by atoms with van der Waals surface area (Å²) in [5, 5.41) is -0.150. The zero-order chi connectivity index (χ0) is 25.4. The van der Waals surface area contributed by atoms with Gasteiger partial charge in [0.1, 0.15) is 0 Å². The third-order valence-electron chi connectivity index (χ3n) is 4.42. The highest BCUT2D eigenvalue weighted by molar-refractivity contribution is 7.88. The highest BCUT2D eigenvalue weighted by atomic mass is 32.2. The molecule has 0 radical (unpaired) electrons. The molecule has 182 valence electrons. The summed E-state index contributed by atoms with van der Waals surface area (Å²) < 4.78 is 78.8. The number of primary amides is 1. The van der Waals surface area contributed by atoms with Crippen LogP contribution in [0.5, 0.6) is 5.75 Å². The highest BCUT2D eigenvalue weighted by Gasteiger charge is 2.50. The third-order valence-corrected chi connectivity index (χ3v) is 5.37. The zero-order valence-electron chi connectivity index (χ0n) is 18.6. The third kappa shape index (κ3) is 5.56. The van der Waals surface area contributed by atoms with Gasteiger partial charge in [-0.25, -0.2) is 4.79 Å². The van der Waals surface area contributed by atoms with E-state index < -0.39 is 50.5 Å². The second-order valence-electron chi connectivity index (χ2n) is 8.00. The number of carbonyl (C=O) groups is 2. The first-order chi connectivity index (χ1) is 15.0. The van der Waals surface area contributed by atoms with Crippen LogP contribution in [-0.2, 0) is 24.4 Å². The number of amides is 1. The molecule has 33 heavy (non-hydrogen) atoms. The molecule has 0 aliphatic heterocycles. The average molecular weight is 491 g/mol. The van der Waals surface area contributed by atoms with Gasteiger partial charge < -0.3 is 19.4 Å². The summed E-state index contributed by atoms with van der Waals surface area (Å²) in [7, 11) is -6.15. The monoisotopic (exact) mass is 491 g/mol. The lowest BCUT2D eigenvalue weighted by molar-refractivity contribution is -0.167. The van der Waals surface area contributed by atoms with Crippen molar-refractivity contribution < 1.29 is 44.8 Å². The van der Waals surface area contributed by atoms with E-state index in [0.29, 0.717) is 0 Å². The van der Waals surface area contributed by atoms with E-state index >= 15 is 0 Å². The Hall–Kier alpha value is -2.86. The summed E-state index contributed by atoms with van der Waals surface area (Å²) in [4.78, 5) is 25.1. The van der Waals surface area contributed by atoms with Gasteiger partial charge in [-0.15, -0.1) is 0 Å². The Morgan fingerprint density at radius 3 is 2.09 bits per heavy atom. The Morgan fingerprint density at radius 2 is 1.64 bits per heavy atom. The summed E-state index contributed by atoms with van der Waals surface area (Å²) >= 11 is 0. The average Bonchev–Trinajstić information content (AvgIpc) is 2.64. The van der Waals surface area contributed by atoms with E-state index in [9.17, 15) is 31.2 Å². The second kappa shape index (κ2) is 9.18. The molecule has 0 heterocycles. The Balaban J connectivity index is 3.05. The Morgan fingerprint density at radius 1 is 1.09 bits per heavy atom. The molecule has 0 saturated carbocycles. The van der Waals surface area contributed by atoms with Crippen LogP contribution in [-0.4, -0.2) is 38.0 Å². The summed E-state index contributed by atoms with van der Waals surface area (Å²) in [5.41, 5.74) is -1.91. The Labute approximate surface area is 188 Å². The van der Waals surface area contributed by atoms with Crippen LogP contribution >= 0.6 is 0 Å². The number of esters is 1. The van der Waals surface area contributed by atoms with Gasteiger partial charge in [0.05, 0.1) is 17.8 Å². The minimum atomic E-state index is -6.15. The quantitative estimate of drug-likeness (QED) is 0.354. The lowest BCUT2D eigenvalue weighted by Crippen LogP contribution is -2.32. The van der Waals surface area contributed by atoms with Crippen LogP contribution in [0.3, 0.4) is 0 Å². The molecule has 0 aliphatic carbocycles. The van der Waals surface area contributed by atoms with E-state index in [-0.39, 0.29) is 28.5 Å². The fraction of sp³-hybridized carbons (Fsp3) is 0.429. The van der Waals surface area contributed by atoms with Crippen LogP contribution in [0.1, 0.15) is 55.3 Å². The number of alkyl halides is 3. The smallest absolute Gasteiger partial charge is 0.464 e. The van der Waals surface area contributed by atoms with Crippen LogP contribution in [0.25, 0.3) is 10.8 Å². The van der Waals surface area contributed by atoms with Gasteiger partial charge in [0, 0.05) is 10.9 Å². The number of rotatable bonds is 7. The van der Waals surface area contributed by atoms with E-state index in [0.717, 1.165) is 0 Å². The van der Waals surface area contributed by atoms with Crippen molar-refractivity contribution >= 4 is 32.8 Å². The maximum absolute atomic E-state index is 13.2. The van der Waals surface area contributed by atoms with Gasteiger partial charge >= 0.3 is 21.6 Å². The first kappa shape index (κ1) is 26.4. The SMILES string of the molecule is CCOC(=O)[C@@H](OC(C)(C)C)c1c(C)c(C(N)=O)c2ccccc2c1OS(=O)(=O)C(F)(F)F. The van der Waals surface area contributed by atoms with Crippen LogP contribution < -0.4 is 9.92 Å². The minimum Gasteiger partial charge on any atom is -0.464 e. The van der Waals surface area contributed by atoms with Crippen LogP contribution in [0.4, 0.5) is 13.2 Å². The van der Waals surface area contributed by atoms with E-state index in [1.807, 2.05) is 0 Å². The van der Waals surface area contributed by atoms with Crippen molar-refractivity contribution in [3.63, 3.8) is 0 Å². The topological polar surface area (TPSA) is 122 Å². The molecule has 0 aliphatic rings. The number of ether oxygens (including phenoxy) is 2. The molecule has 0 fully saturated rings. The van der Waals surface area contributed by atoms with Crippen molar-refractivity contribution in [2.45, 2.75) is 51.8 Å². The molecule has 0 bridgehead atoms. The van der Waals surface area contributed by atoms with Crippen LogP contribution in [0, 0.1) is 6.92 Å². The molecule has 2 N–H and O–H groups in total. The number of carbonyl (C=O) groups excluding carboxylic acids is 2. The van der Waals surface area contributed by atoms with E-state index in [1.165, 1.54) is 38.1 Å². The van der Waals surface area contributed by atoms with Crippen molar-refractivity contribution in [3.8, 4) is 5.75 Å². The summed E-state index contributed by atoms with van der Waals surface area (Å²) in [6.45, 7) is 7.40. The van der Waals surface area contributed by atoms with Crippen molar-refractivity contribution in [2.24, 2.45) is 5.73 Å². The molecule has 0 saturated heterocycles. The number of hydrogen-bond donors (Lipinski definition) is 1. The van der Waals surface area contributed by atoms with Gasteiger partial charge in [0.15, 0.2) is 11.9 Å². The maximum atomic E-state index is 13.2. The summed E-state index contributed by atoms with van der Waals surface area (Å²) in [6, 6.07) is 5.47. The predicted octanol–water partition coefficient (Wildman–Crippen LogP) is 3.89. The molecule has 0 aromatic heterocycles. The fourth-order valence-corrected chi connectivity index (χ4v) is 3.72. The molecule has 1 amide bonds. The van der Waals surface area contributed by atoms with E-state index in [2.05, 4.69) is 4.18 Å². The second-order valence-corrected chi connectivity index (χ2v) is 9.54. The van der Waals surface area contributed by atoms with Crippen LogP contribution in [0.15, 0.2) is 24.3 Å². The Bertz CT molecular complexity index is 1190. The van der Waals surface area contributed by atoms with E-state index in [1.54, 1.807) is 20.8 Å². The summed E-state index contributed by atoms with van der Waals surface area (Å²) in [6.07, 6.45) is -1.73. The number of fused-ring (bicyclic) bond motifs is 1. The highest BCUT2D eigenvalue weighted by Crippen LogP contribution is 2.44. The van der Waals surface area contributed by atoms with Crippen molar-refractivity contribution in [1.82, 2.24) is 0 Å². The van der Waals surface area contributed by atoms with Crippen molar-refractivity contribution in [2.75, 3.05) is 6.61 Å². The fourth-order valence-electron chi connectivity index (χ4n) is 3.23. The molecular weight excluding hydrogens is 467 g/mol. The molecule has 1 atom stereocenters. The van der Waals surface area contributed by atoms with Gasteiger partial charge in [-0.05, 0) is 45.6 Å². The largest absolute Gasteiger partial charge is 0.534 e. The first-order valence-corrected chi connectivity index (χ1v) is 11.1. The Kier molecular flexibility index (Phi) is 7.34. The molecule has 12 heteroatoms. The molecule has 8 nitrogen and oxygen atoms in total. The number of nitrogens with two attached hydrogens (primary N) is 1. The van der Waals surface area contributed by atoms with Crippen molar-refractivity contribution in [3.05, 3.63) is 41.0 Å². The molecule has 2 rings (SSSR count). The lowest BCUT2D eigenvalue weighted by Gasteiger charge is -2.29. The predicted molar refractivity (Wildman–Crippen MR) is 113 cm³/mol. The number of benzene rings is 2. The van der Waals surface area contributed by atoms with Crippen LogP contribution in [0.2, 0.25) is 0 Å². The first-order valence-electron chi connectivity index (χ1n) is 9.72. The van der Waals surface area contributed by atoms with Gasteiger partial charge in [0.25, 0.3) is 0 Å².